The Hall–Kier alpha value is -0.640. The molecule has 10 atom stereocenters. The first-order valence-corrected chi connectivity index (χ1v) is 14.7. The topological polar surface area (TPSA) is 134 Å². The van der Waals surface area contributed by atoms with Crippen LogP contribution in [0.4, 0.5) is 8.78 Å². The summed E-state index contributed by atoms with van der Waals surface area (Å²) in [6, 6.07) is 0. The molecule has 0 saturated heterocycles. The van der Waals surface area contributed by atoms with Crippen molar-refractivity contribution in [1.29, 1.82) is 0 Å². The Morgan fingerprint density at radius 3 is 2.36 bits per heavy atom. The Kier molecular flexibility index (Phi) is 7.51. The van der Waals surface area contributed by atoms with Crippen LogP contribution in [0.3, 0.4) is 0 Å². The van der Waals surface area contributed by atoms with Gasteiger partial charge in [0.25, 0.3) is 0 Å². The maximum absolute atomic E-state index is 16.0. The summed E-state index contributed by atoms with van der Waals surface area (Å²) in [5, 5.41) is 21.1. The summed E-state index contributed by atoms with van der Waals surface area (Å²) in [4.78, 5) is 29.4. The molecule has 0 aliphatic heterocycles. The highest BCUT2D eigenvalue weighted by Gasteiger charge is 2.68. The third-order valence-corrected chi connectivity index (χ3v) is 11.1. The van der Waals surface area contributed by atoms with Crippen LogP contribution >= 0.6 is 7.82 Å². The molecule has 4 fully saturated rings. The van der Waals surface area contributed by atoms with Gasteiger partial charge in [0.1, 0.15) is 0 Å². The molecule has 4 aliphatic rings. The van der Waals surface area contributed by atoms with Gasteiger partial charge in [0.2, 0.25) is 18.5 Å². The molecule has 0 bridgehead atoms. The molecule has 4 aliphatic carbocycles. The summed E-state index contributed by atoms with van der Waals surface area (Å²) >= 11 is 0. The lowest BCUT2D eigenvalue weighted by atomic mass is 9.43. The SMILES string of the molecule is CC(CCC(=O)OCOP(=O)(O)O)C1CCC2C3C(CCC12C)C1(C)CCC(O)(F)CC1CC3(O)F. The number of aliphatic hydroxyl groups is 2. The normalized spacial score (nSPS) is 47.4. The molecule has 4 saturated carbocycles. The van der Waals surface area contributed by atoms with Crippen molar-refractivity contribution in [3.8, 4) is 0 Å². The molecule has 0 radical (unpaired) electrons. The number of fused-ring (bicyclic) bond motifs is 5. The molecule has 0 aromatic rings. The molecule has 0 spiro atoms. The number of carbonyl (C=O) groups is 1. The second-order valence-corrected chi connectivity index (χ2v) is 13.8. The maximum Gasteiger partial charge on any atom is 0.472 e. The van der Waals surface area contributed by atoms with Gasteiger partial charge >= 0.3 is 13.8 Å². The van der Waals surface area contributed by atoms with Crippen LogP contribution in [0.5, 0.6) is 0 Å². The van der Waals surface area contributed by atoms with E-state index in [-0.39, 0.29) is 60.2 Å². The quantitative estimate of drug-likeness (QED) is 0.210. The second-order valence-electron chi connectivity index (χ2n) is 12.6. The Balaban J connectivity index is 1.43. The molecule has 0 aromatic heterocycles. The van der Waals surface area contributed by atoms with Crippen molar-refractivity contribution < 1.29 is 47.4 Å². The van der Waals surface area contributed by atoms with Crippen LogP contribution in [-0.4, -0.2) is 44.5 Å². The van der Waals surface area contributed by atoms with Crippen LogP contribution in [0.25, 0.3) is 0 Å². The third kappa shape index (κ3) is 5.28. The average Bonchev–Trinajstić information content (AvgIpc) is 3.09. The van der Waals surface area contributed by atoms with Crippen LogP contribution < -0.4 is 0 Å². The van der Waals surface area contributed by atoms with Gasteiger partial charge < -0.3 is 24.7 Å². The van der Waals surface area contributed by atoms with Gasteiger partial charge in [0.05, 0.1) is 0 Å². The largest absolute Gasteiger partial charge is 0.472 e. The van der Waals surface area contributed by atoms with E-state index >= 15 is 4.39 Å². The van der Waals surface area contributed by atoms with E-state index < -0.39 is 44.1 Å². The first-order valence-electron chi connectivity index (χ1n) is 13.2. The first-order chi connectivity index (χ1) is 16.5. The standard InChI is InChI=1S/C25H41F2O8P/c1-15(4-7-20(28)34-14-35-36(31,32)33)17-5-6-18-21-19(8-9-23(17,18)3)22(2)10-11-24(26,29)12-16(22)13-25(21,27)30/h15-19,21,29-30H,4-14H2,1-3H3,(H2,31,32,33). The molecule has 0 amide bonds. The van der Waals surface area contributed by atoms with Crippen LogP contribution in [0.1, 0.15) is 85.0 Å². The number of hydrogen-bond acceptors (Lipinski definition) is 6. The molecule has 36 heavy (non-hydrogen) atoms. The second kappa shape index (κ2) is 9.53. The third-order valence-electron chi connectivity index (χ3n) is 10.7. The van der Waals surface area contributed by atoms with E-state index in [9.17, 15) is 24.0 Å². The van der Waals surface area contributed by atoms with Crippen molar-refractivity contribution in [2.24, 2.45) is 46.3 Å². The lowest BCUT2D eigenvalue weighted by Crippen LogP contribution is -2.63. The Bertz CT molecular complexity index is 893. The zero-order chi connectivity index (χ0) is 26.7. The van der Waals surface area contributed by atoms with E-state index in [1.54, 1.807) is 0 Å². The van der Waals surface area contributed by atoms with Gasteiger partial charge in [-0.1, -0.05) is 20.8 Å². The molecule has 208 valence electrons. The molecule has 8 nitrogen and oxygen atoms in total. The van der Waals surface area contributed by atoms with Crippen LogP contribution in [0.15, 0.2) is 0 Å². The number of hydrogen-bond donors (Lipinski definition) is 4. The zero-order valence-corrected chi connectivity index (χ0v) is 22.3. The fourth-order valence-corrected chi connectivity index (χ4v) is 9.09. The predicted octanol–water partition coefficient (Wildman–Crippen LogP) is 4.60. The Morgan fingerprint density at radius 1 is 1.03 bits per heavy atom. The van der Waals surface area contributed by atoms with Crippen molar-refractivity contribution in [3.05, 3.63) is 0 Å². The average molecular weight is 539 g/mol. The van der Waals surface area contributed by atoms with Crippen molar-refractivity contribution in [1.82, 2.24) is 0 Å². The number of phosphoric acid groups is 1. The minimum atomic E-state index is -4.71. The molecule has 0 heterocycles. The van der Waals surface area contributed by atoms with E-state index in [4.69, 9.17) is 14.5 Å². The van der Waals surface area contributed by atoms with Gasteiger partial charge in [-0.05, 0) is 78.9 Å². The fraction of sp³-hybridized carbons (Fsp3) is 0.960. The van der Waals surface area contributed by atoms with Gasteiger partial charge in [-0.25, -0.2) is 17.9 Å². The van der Waals surface area contributed by atoms with Gasteiger partial charge in [-0.3, -0.25) is 4.79 Å². The minimum Gasteiger partial charge on any atom is -0.438 e. The summed E-state index contributed by atoms with van der Waals surface area (Å²) in [5.74, 6) is -5.98. The van der Waals surface area contributed by atoms with E-state index in [0.29, 0.717) is 12.8 Å². The van der Waals surface area contributed by atoms with Crippen molar-refractivity contribution >= 4 is 13.8 Å². The molecule has 4 rings (SSSR count). The Morgan fingerprint density at radius 2 is 1.69 bits per heavy atom. The molecular formula is C25H41F2O8P. The number of ether oxygens (including phenoxy) is 1. The number of phosphoric ester groups is 1. The summed E-state index contributed by atoms with van der Waals surface area (Å²) in [7, 11) is -4.71. The van der Waals surface area contributed by atoms with Crippen molar-refractivity contribution in [3.63, 3.8) is 0 Å². The molecule has 10 unspecified atom stereocenters. The maximum atomic E-state index is 16.0. The smallest absolute Gasteiger partial charge is 0.438 e. The summed E-state index contributed by atoms with van der Waals surface area (Å²) in [6.45, 7) is 5.53. The molecular weight excluding hydrogens is 497 g/mol. The highest BCUT2D eigenvalue weighted by atomic mass is 31.2. The van der Waals surface area contributed by atoms with Gasteiger partial charge in [0, 0.05) is 31.6 Å². The highest BCUT2D eigenvalue weighted by molar-refractivity contribution is 7.46. The van der Waals surface area contributed by atoms with E-state index in [0.717, 1.165) is 25.7 Å². The number of esters is 1. The summed E-state index contributed by atoms with van der Waals surface area (Å²) in [5.41, 5.74) is -0.516. The van der Waals surface area contributed by atoms with Gasteiger partial charge in [0.15, 0.2) is 0 Å². The molecule has 4 N–H and O–H groups in total. The highest BCUT2D eigenvalue weighted by Crippen LogP contribution is 2.71. The van der Waals surface area contributed by atoms with E-state index in [1.807, 2.05) is 0 Å². The molecule has 0 aromatic carbocycles. The summed E-state index contributed by atoms with van der Waals surface area (Å²) in [6.07, 6.45) is 4.11. The lowest BCUT2D eigenvalue weighted by Gasteiger charge is -2.63. The van der Waals surface area contributed by atoms with Crippen molar-refractivity contribution in [2.75, 3.05) is 6.79 Å². The van der Waals surface area contributed by atoms with Crippen LogP contribution in [0, 0.1) is 46.3 Å². The fourth-order valence-electron chi connectivity index (χ4n) is 8.90. The van der Waals surface area contributed by atoms with Crippen LogP contribution in [0.2, 0.25) is 0 Å². The van der Waals surface area contributed by atoms with Gasteiger partial charge in [-0.15, -0.1) is 0 Å². The predicted molar refractivity (Wildman–Crippen MR) is 125 cm³/mol. The van der Waals surface area contributed by atoms with Crippen molar-refractivity contribution in [2.45, 2.75) is 96.7 Å². The zero-order valence-electron chi connectivity index (χ0n) is 21.4. The number of rotatable bonds is 7. The monoisotopic (exact) mass is 538 g/mol. The number of halogens is 2. The van der Waals surface area contributed by atoms with E-state index in [2.05, 4.69) is 25.3 Å². The number of alkyl halides is 2. The summed E-state index contributed by atoms with van der Waals surface area (Å²) < 4.78 is 50.1. The van der Waals surface area contributed by atoms with Crippen LogP contribution in [-0.2, 0) is 18.6 Å². The molecule has 11 heteroatoms. The minimum absolute atomic E-state index is 0.0220. The number of carbonyl (C=O) groups excluding carboxylic acids is 1. The lowest BCUT2D eigenvalue weighted by molar-refractivity contribution is -0.284. The van der Waals surface area contributed by atoms with Gasteiger partial charge in [-0.2, -0.15) is 0 Å². The first kappa shape index (κ1) is 28.4. The van der Waals surface area contributed by atoms with E-state index in [1.165, 1.54) is 0 Å². The Labute approximate surface area is 211 Å².